The van der Waals surface area contributed by atoms with Crippen LogP contribution in [0.4, 0.5) is 5.69 Å². The van der Waals surface area contributed by atoms with Crippen LogP contribution in [-0.4, -0.2) is 22.9 Å². The maximum absolute atomic E-state index is 11.9. The number of amides is 1. The van der Waals surface area contributed by atoms with Crippen molar-refractivity contribution in [2.24, 2.45) is 0 Å². The first kappa shape index (κ1) is 17.1. The van der Waals surface area contributed by atoms with Gasteiger partial charge in [-0.2, -0.15) is 0 Å². The summed E-state index contributed by atoms with van der Waals surface area (Å²) in [7, 11) is 0. The Kier molecular flexibility index (Phi) is 6.30. The molecule has 6 heteroatoms. The van der Waals surface area contributed by atoms with Gasteiger partial charge in [0.2, 0.25) is 5.91 Å². The predicted octanol–water partition coefficient (Wildman–Crippen LogP) is 2.55. The van der Waals surface area contributed by atoms with Crippen molar-refractivity contribution in [3.8, 4) is 0 Å². The normalized spacial score (nSPS) is 13.8. The molecule has 0 aliphatic carbocycles. The van der Waals surface area contributed by atoms with Crippen LogP contribution in [0.15, 0.2) is 24.3 Å². The van der Waals surface area contributed by atoms with E-state index in [4.69, 9.17) is 0 Å². The van der Waals surface area contributed by atoms with Crippen LogP contribution in [0.1, 0.15) is 45.7 Å². The minimum atomic E-state index is -0.412. The molecule has 0 aliphatic rings. The van der Waals surface area contributed by atoms with E-state index in [1.165, 1.54) is 6.07 Å². The number of nitrogens with one attached hydrogen (secondary N) is 2. The molecule has 0 bridgehead atoms. The smallest absolute Gasteiger partial charge is 0.269 e. The van der Waals surface area contributed by atoms with Crippen molar-refractivity contribution >= 4 is 11.6 Å². The van der Waals surface area contributed by atoms with Crippen molar-refractivity contribution in [3.05, 3.63) is 39.9 Å². The monoisotopic (exact) mass is 293 g/mol. The molecule has 6 nitrogen and oxygen atoms in total. The summed E-state index contributed by atoms with van der Waals surface area (Å²) >= 11 is 0. The number of non-ortho nitro benzene ring substituents is 1. The Hall–Kier alpha value is -1.95. The van der Waals surface area contributed by atoms with Crippen molar-refractivity contribution < 1.29 is 9.72 Å². The molecule has 0 spiro atoms. The van der Waals surface area contributed by atoms with Gasteiger partial charge in [0.15, 0.2) is 0 Å². The third kappa shape index (κ3) is 5.15. The Morgan fingerprint density at radius 2 is 2.00 bits per heavy atom. The highest BCUT2D eigenvalue weighted by Crippen LogP contribution is 2.22. The van der Waals surface area contributed by atoms with Crippen LogP contribution >= 0.6 is 0 Å². The zero-order chi connectivity index (χ0) is 16.0. The van der Waals surface area contributed by atoms with Crippen molar-refractivity contribution in [1.82, 2.24) is 10.6 Å². The molecular formula is C15H23N3O3. The van der Waals surface area contributed by atoms with Gasteiger partial charge in [-0.05, 0) is 32.8 Å². The average Bonchev–Trinajstić information content (AvgIpc) is 2.43. The molecule has 116 valence electrons. The van der Waals surface area contributed by atoms with Gasteiger partial charge in [0.1, 0.15) is 0 Å². The Morgan fingerprint density at radius 1 is 1.33 bits per heavy atom. The average molecular weight is 293 g/mol. The van der Waals surface area contributed by atoms with E-state index in [-0.39, 0.29) is 29.7 Å². The van der Waals surface area contributed by atoms with E-state index < -0.39 is 4.92 Å². The molecule has 1 aromatic rings. The van der Waals surface area contributed by atoms with Gasteiger partial charge in [0, 0.05) is 24.2 Å². The third-order valence-electron chi connectivity index (χ3n) is 3.17. The first-order valence-electron chi connectivity index (χ1n) is 7.16. The van der Waals surface area contributed by atoms with Crippen LogP contribution in [0.25, 0.3) is 0 Å². The fraction of sp³-hybridized carbons (Fsp3) is 0.533. The summed E-state index contributed by atoms with van der Waals surface area (Å²) in [5.74, 6) is -0.0751. The molecular weight excluding hydrogens is 270 g/mol. The number of rotatable bonds is 7. The minimum absolute atomic E-state index is 0.0621. The Bertz CT molecular complexity index is 503. The number of carbonyl (C=O) groups excluding carboxylic acids is 1. The quantitative estimate of drug-likeness (QED) is 0.597. The van der Waals surface area contributed by atoms with Gasteiger partial charge in [0.25, 0.3) is 5.69 Å². The largest absolute Gasteiger partial charge is 0.353 e. The SMILES string of the molecule is CCC(NC(C)C(=O)NC(C)C)c1cccc([N+](=O)[O-])c1. The summed E-state index contributed by atoms with van der Waals surface area (Å²) in [6.07, 6.45) is 0.737. The minimum Gasteiger partial charge on any atom is -0.353 e. The number of benzene rings is 1. The molecule has 2 atom stereocenters. The highest BCUT2D eigenvalue weighted by atomic mass is 16.6. The van der Waals surface area contributed by atoms with Gasteiger partial charge >= 0.3 is 0 Å². The second-order valence-electron chi connectivity index (χ2n) is 5.36. The number of nitro benzene ring substituents is 1. The molecule has 1 aromatic carbocycles. The van der Waals surface area contributed by atoms with E-state index >= 15 is 0 Å². The third-order valence-corrected chi connectivity index (χ3v) is 3.17. The van der Waals surface area contributed by atoms with Gasteiger partial charge in [0.05, 0.1) is 11.0 Å². The summed E-state index contributed by atoms with van der Waals surface area (Å²) in [4.78, 5) is 22.4. The highest BCUT2D eigenvalue weighted by molar-refractivity contribution is 5.81. The van der Waals surface area contributed by atoms with E-state index in [9.17, 15) is 14.9 Å². The molecule has 2 unspecified atom stereocenters. The number of hydrogen-bond donors (Lipinski definition) is 2. The van der Waals surface area contributed by atoms with Gasteiger partial charge in [-0.3, -0.25) is 20.2 Å². The van der Waals surface area contributed by atoms with Crippen LogP contribution in [0.2, 0.25) is 0 Å². The molecule has 0 aromatic heterocycles. The lowest BCUT2D eigenvalue weighted by Gasteiger charge is -2.23. The van der Waals surface area contributed by atoms with Crippen LogP contribution in [0, 0.1) is 10.1 Å². The number of hydrogen-bond acceptors (Lipinski definition) is 4. The van der Waals surface area contributed by atoms with Crippen molar-refractivity contribution in [3.63, 3.8) is 0 Å². The van der Waals surface area contributed by atoms with Gasteiger partial charge in [-0.1, -0.05) is 19.1 Å². The van der Waals surface area contributed by atoms with Crippen LogP contribution < -0.4 is 10.6 Å². The lowest BCUT2D eigenvalue weighted by Crippen LogP contribution is -2.45. The number of nitro groups is 1. The Morgan fingerprint density at radius 3 is 2.52 bits per heavy atom. The zero-order valence-corrected chi connectivity index (χ0v) is 12.9. The fourth-order valence-electron chi connectivity index (χ4n) is 2.09. The maximum Gasteiger partial charge on any atom is 0.269 e. The summed E-state index contributed by atoms with van der Waals surface area (Å²) in [5, 5.41) is 16.9. The van der Waals surface area contributed by atoms with E-state index in [1.54, 1.807) is 19.1 Å². The molecule has 0 heterocycles. The van der Waals surface area contributed by atoms with Crippen molar-refractivity contribution in [2.45, 2.75) is 52.2 Å². The molecule has 21 heavy (non-hydrogen) atoms. The maximum atomic E-state index is 11.9. The number of nitrogens with zero attached hydrogens (tertiary/aromatic N) is 1. The van der Waals surface area contributed by atoms with Crippen LogP contribution in [0.5, 0.6) is 0 Å². The second-order valence-corrected chi connectivity index (χ2v) is 5.36. The fourth-order valence-corrected chi connectivity index (χ4v) is 2.09. The van der Waals surface area contributed by atoms with Crippen LogP contribution in [0.3, 0.4) is 0 Å². The molecule has 0 fully saturated rings. The molecule has 0 aliphatic heterocycles. The van der Waals surface area contributed by atoms with E-state index in [0.29, 0.717) is 0 Å². The predicted molar refractivity (Wildman–Crippen MR) is 82.0 cm³/mol. The van der Waals surface area contributed by atoms with Gasteiger partial charge in [-0.25, -0.2) is 0 Å². The van der Waals surface area contributed by atoms with Crippen molar-refractivity contribution in [2.75, 3.05) is 0 Å². The summed E-state index contributed by atoms with van der Waals surface area (Å²) in [5.41, 5.74) is 0.878. The summed E-state index contributed by atoms with van der Waals surface area (Å²) < 4.78 is 0. The van der Waals surface area contributed by atoms with E-state index in [0.717, 1.165) is 12.0 Å². The zero-order valence-electron chi connectivity index (χ0n) is 12.9. The molecule has 0 saturated carbocycles. The second kappa shape index (κ2) is 7.73. The molecule has 1 amide bonds. The standard InChI is InChI=1S/C15H23N3O3/c1-5-14(17-11(4)15(19)16-10(2)3)12-7-6-8-13(9-12)18(20)21/h6-11,14,17H,5H2,1-4H3,(H,16,19). The molecule has 0 radical (unpaired) electrons. The number of carbonyl (C=O) groups is 1. The first-order chi connectivity index (χ1) is 9.85. The van der Waals surface area contributed by atoms with Gasteiger partial charge < -0.3 is 5.32 Å². The lowest BCUT2D eigenvalue weighted by atomic mass is 10.0. The molecule has 0 saturated heterocycles. The van der Waals surface area contributed by atoms with Crippen LogP contribution in [-0.2, 0) is 4.79 Å². The first-order valence-corrected chi connectivity index (χ1v) is 7.16. The Balaban J connectivity index is 2.81. The van der Waals surface area contributed by atoms with E-state index in [1.807, 2.05) is 26.8 Å². The molecule has 1 rings (SSSR count). The van der Waals surface area contributed by atoms with Gasteiger partial charge in [-0.15, -0.1) is 0 Å². The topological polar surface area (TPSA) is 84.3 Å². The lowest BCUT2D eigenvalue weighted by molar-refractivity contribution is -0.384. The summed E-state index contributed by atoms with van der Waals surface area (Å²) in [6.45, 7) is 7.58. The van der Waals surface area contributed by atoms with Crippen molar-refractivity contribution in [1.29, 1.82) is 0 Å². The Labute approximate surface area is 125 Å². The highest BCUT2D eigenvalue weighted by Gasteiger charge is 2.19. The van der Waals surface area contributed by atoms with E-state index in [2.05, 4.69) is 10.6 Å². The molecule has 2 N–H and O–H groups in total. The summed E-state index contributed by atoms with van der Waals surface area (Å²) in [6, 6.07) is 6.13.